The van der Waals surface area contributed by atoms with E-state index in [9.17, 15) is 0 Å². The monoisotopic (exact) mass is 410 g/mol. The summed E-state index contributed by atoms with van der Waals surface area (Å²) >= 11 is 18.1. The molecular formula is C21H28Cl2N2S. The first-order chi connectivity index (χ1) is 12.5. The van der Waals surface area contributed by atoms with E-state index in [0.717, 1.165) is 23.4 Å². The molecule has 1 aromatic rings. The molecule has 2 N–H and O–H groups in total. The molecule has 4 aliphatic rings. The van der Waals surface area contributed by atoms with E-state index in [1.165, 1.54) is 51.4 Å². The van der Waals surface area contributed by atoms with Gasteiger partial charge in [0.1, 0.15) is 0 Å². The largest absolute Gasteiger partial charge is 0.359 e. The molecule has 0 heterocycles. The van der Waals surface area contributed by atoms with Gasteiger partial charge in [-0.15, -0.1) is 0 Å². The fourth-order valence-electron chi connectivity index (χ4n) is 6.34. The van der Waals surface area contributed by atoms with Crippen LogP contribution in [0.4, 0.5) is 5.69 Å². The van der Waals surface area contributed by atoms with Gasteiger partial charge < -0.3 is 10.6 Å². The van der Waals surface area contributed by atoms with Crippen molar-refractivity contribution < 1.29 is 0 Å². The summed E-state index contributed by atoms with van der Waals surface area (Å²) in [4.78, 5) is 0. The van der Waals surface area contributed by atoms with E-state index in [0.29, 0.717) is 26.6 Å². The van der Waals surface area contributed by atoms with E-state index in [1.807, 2.05) is 12.1 Å². The lowest BCUT2D eigenvalue weighted by Crippen LogP contribution is -2.57. The van der Waals surface area contributed by atoms with Crippen molar-refractivity contribution in [1.82, 2.24) is 5.32 Å². The Labute approximate surface area is 172 Å². The average Bonchev–Trinajstić information content (AvgIpc) is 2.57. The average molecular weight is 411 g/mol. The van der Waals surface area contributed by atoms with Crippen molar-refractivity contribution in [3.63, 3.8) is 0 Å². The molecular weight excluding hydrogens is 383 g/mol. The quantitative estimate of drug-likeness (QED) is 0.530. The highest BCUT2D eigenvalue weighted by molar-refractivity contribution is 7.80. The number of hydrogen-bond acceptors (Lipinski definition) is 1. The summed E-state index contributed by atoms with van der Waals surface area (Å²) in [6.45, 7) is 2.28. The molecule has 4 aliphatic carbocycles. The fourth-order valence-corrected chi connectivity index (χ4v) is 6.94. The Morgan fingerprint density at radius 2 is 1.77 bits per heavy atom. The SMILES string of the molecule is CCCC(NC(=S)Nc1cccc(Cl)c1Cl)C12CC3CC(CC(C3)C1)C2. The number of hydrogen-bond donors (Lipinski definition) is 2. The minimum atomic E-state index is 0.439. The van der Waals surface area contributed by atoms with Crippen molar-refractivity contribution in [3.8, 4) is 0 Å². The molecule has 4 saturated carbocycles. The van der Waals surface area contributed by atoms with Gasteiger partial charge in [0.25, 0.3) is 0 Å². The van der Waals surface area contributed by atoms with Crippen LogP contribution in [0.2, 0.25) is 10.0 Å². The Hall–Kier alpha value is -0.510. The second-order valence-electron chi connectivity index (χ2n) is 8.82. The first kappa shape index (κ1) is 18.8. The van der Waals surface area contributed by atoms with Gasteiger partial charge in [-0.25, -0.2) is 0 Å². The lowest BCUT2D eigenvalue weighted by atomic mass is 9.47. The van der Waals surface area contributed by atoms with E-state index in [4.69, 9.17) is 35.4 Å². The standard InChI is InChI=1S/C21H28Cl2N2S/c1-2-4-18(21-10-13-7-14(11-21)9-15(8-13)12-21)25-20(26)24-17-6-3-5-16(22)19(17)23/h3,5-6,13-15,18H,2,4,7-12H2,1H3,(H2,24,25,26). The van der Waals surface area contributed by atoms with E-state index in [-0.39, 0.29) is 0 Å². The minimum Gasteiger partial charge on any atom is -0.359 e. The molecule has 5 heteroatoms. The minimum absolute atomic E-state index is 0.439. The van der Waals surface area contributed by atoms with Gasteiger partial charge in [-0.3, -0.25) is 0 Å². The van der Waals surface area contributed by atoms with Gasteiger partial charge in [0.2, 0.25) is 0 Å². The second kappa shape index (κ2) is 7.48. The predicted molar refractivity (Wildman–Crippen MR) is 115 cm³/mol. The first-order valence-corrected chi connectivity index (χ1v) is 11.2. The number of halogens is 2. The predicted octanol–water partition coefficient (Wildman–Crippen LogP) is 6.66. The maximum absolute atomic E-state index is 6.31. The molecule has 142 valence electrons. The molecule has 0 aliphatic heterocycles. The number of anilines is 1. The molecule has 1 atom stereocenters. The number of rotatable bonds is 5. The molecule has 0 aromatic heterocycles. The van der Waals surface area contributed by atoms with Crippen LogP contribution in [0.3, 0.4) is 0 Å². The van der Waals surface area contributed by atoms with E-state index in [2.05, 4.69) is 17.6 Å². The molecule has 26 heavy (non-hydrogen) atoms. The zero-order valence-electron chi connectivity index (χ0n) is 15.4. The summed E-state index contributed by atoms with van der Waals surface area (Å²) in [6, 6.07) is 6.06. The molecule has 2 nitrogen and oxygen atoms in total. The van der Waals surface area contributed by atoms with Crippen molar-refractivity contribution in [1.29, 1.82) is 0 Å². The van der Waals surface area contributed by atoms with E-state index < -0.39 is 0 Å². The molecule has 0 radical (unpaired) electrons. The molecule has 0 amide bonds. The van der Waals surface area contributed by atoms with Crippen LogP contribution in [0, 0.1) is 23.2 Å². The Bertz CT molecular complexity index is 655. The van der Waals surface area contributed by atoms with E-state index >= 15 is 0 Å². The third kappa shape index (κ3) is 3.59. The summed E-state index contributed by atoms with van der Waals surface area (Å²) in [5.41, 5.74) is 1.21. The third-order valence-corrected chi connectivity index (χ3v) is 7.95. The van der Waals surface area contributed by atoms with Crippen LogP contribution < -0.4 is 10.6 Å². The van der Waals surface area contributed by atoms with Gasteiger partial charge >= 0.3 is 0 Å². The Morgan fingerprint density at radius 3 is 2.35 bits per heavy atom. The summed E-state index contributed by atoms with van der Waals surface area (Å²) in [5.74, 6) is 2.85. The number of thiocarbonyl (C=S) groups is 1. The Morgan fingerprint density at radius 1 is 1.15 bits per heavy atom. The van der Waals surface area contributed by atoms with Crippen molar-refractivity contribution in [2.24, 2.45) is 23.2 Å². The van der Waals surface area contributed by atoms with Crippen LogP contribution in [0.25, 0.3) is 0 Å². The summed E-state index contributed by atoms with van der Waals surface area (Å²) in [6.07, 6.45) is 10.9. The van der Waals surface area contributed by atoms with Crippen LogP contribution in [-0.4, -0.2) is 11.2 Å². The van der Waals surface area contributed by atoms with Crippen molar-refractivity contribution >= 4 is 46.2 Å². The van der Waals surface area contributed by atoms with Gasteiger partial charge in [-0.2, -0.15) is 0 Å². The third-order valence-electron chi connectivity index (χ3n) is 6.91. The lowest BCUT2D eigenvalue weighted by Gasteiger charge is -2.59. The molecule has 5 rings (SSSR count). The van der Waals surface area contributed by atoms with Crippen LogP contribution >= 0.6 is 35.4 Å². The highest BCUT2D eigenvalue weighted by atomic mass is 35.5. The van der Waals surface area contributed by atoms with Crippen molar-refractivity contribution in [3.05, 3.63) is 28.2 Å². The Kier molecular flexibility index (Phi) is 5.42. The van der Waals surface area contributed by atoms with Gasteiger partial charge in [0.05, 0.1) is 15.7 Å². The zero-order chi connectivity index (χ0) is 18.3. The fraction of sp³-hybridized carbons (Fsp3) is 0.667. The van der Waals surface area contributed by atoms with Crippen molar-refractivity contribution in [2.45, 2.75) is 64.3 Å². The van der Waals surface area contributed by atoms with Gasteiger partial charge in [0.15, 0.2) is 5.11 Å². The van der Waals surface area contributed by atoms with Crippen LogP contribution in [0.1, 0.15) is 58.3 Å². The number of nitrogens with one attached hydrogen (secondary N) is 2. The Balaban J connectivity index is 1.49. The lowest BCUT2D eigenvalue weighted by molar-refractivity contribution is -0.0718. The maximum Gasteiger partial charge on any atom is 0.171 e. The van der Waals surface area contributed by atoms with Gasteiger partial charge in [-0.05, 0) is 92.5 Å². The summed E-state index contributed by atoms with van der Waals surface area (Å²) in [5, 5.41) is 8.71. The molecule has 4 bridgehead atoms. The molecule has 1 unspecified atom stereocenters. The zero-order valence-corrected chi connectivity index (χ0v) is 17.7. The topological polar surface area (TPSA) is 24.1 Å². The van der Waals surface area contributed by atoms with Crippen molar-refractivity contribution in [2.75, 3.05) is 5.32 Å². The van der Waals surface area contributed by atoms with Gasteiger partial charge in [0, 0.05) is 6.04 Å². The summed E-state index contributed by atoms with van der Waals surface area (Å²) < 4.78 is 0. The smallest absolute Gasteiger partial charge is 0.171 e. The van der Waals surface area contributed by atoms with Crippen LogP contribution in [0.5, 0.6) is 0 Å². The van der Waals surface area contributed by atoms with E-state index in [1.54, 1.807) is 6.07 Å². The second-order valence-corrected chi connectivity index (χ2v) is 10.0. The maximum atomic E-state index is 6.31. The molecule has 4 fully saturated rings. The molecule has 0 spiro atoms. The van der Waals surface area contributed by atoms with Crippen LogP contribution in [0.15, 0.2) is 18.2 Å². The van der Waals surface area contributed by atoms with Gasteiger partial charge in [-0.1, -0.05) is 42.6 Å². The molecule has 0 saturated heterocycles. The molecule has 1 aromatic carbocycles. The number of benzene rings is 1. The van der Waals surface area contributed by atoms with Crippen LogP contribution in [-0.2, 0) is 0 Å². The highest BCUT2D eigenvalue weighted by Crippen LogP contribution is 2.61. The highest BCUT2D eigenvalue weighted by Gasteiger charge is 2.54. The normalized spacial score (nSPS) is 33.1. The first-order valence-electron chi connectivity index (χ1n) is 10.0. The summed E-state index contributed by atoms with van der Waals surface area (Å²) in [7, 11) is 0.